The van der Waals surface area contributed by atoms with Crippen molar-refractivity contribution < 1.29 is 19.1 Å². The Kier molecular flexibility index (Phi) is 6.54. The van der Waals surface area contributed by atoms with Crippen LogP contribution in [0, 0.1) is 13.8 Å². The first kappa shape index (κ1) is 21.5. The maximum absolute atomic E-state index is 13.1. The SMILES string of the molecule is CNC(=O)Cc1c(C)nc([C@H]2CCN(C(=O)c3cccc(OC)c3OC)C2)nc1C. The maximum atomic E-state index is 13.1. The van der Waals surface area contributed by atoms with Crippen LogP contribution in [0.5, 0.6) is 11.5 Å². The Morgan fingerprint density at radius 1 is 1.17 bits per heavy atom. The fourth-order valence-electron chi connectivity index (χ4n) is 3.83. The molecule has 3 rings (SSSR count). The van der Waals surface area contributed by atoms with Crippen molar-refractivity contribution in [3.63, 3.8) is 0 Å². The first-order valence-corrected chi connectivity index (χ1v) is 9.94. The zero-order valence-electron chi connectivity index (χ0n) is 18.1. The number of aryl methyl sites for hydroxylation is 2. The third-order valence-corrected chi connectivity index (χ3v) is 5.53. The van der Waals surface area contributed by atoms with Gasteiger partial charge in [-0.05, 0) is 32.4 Å². The van der Waals surface area contributed by atoms with Crippen LogP contribution in [0.4, 0.5) is 0 Å². The minimum Gasteiger partial charge on any atom is -0.493 e. The van der Waals surface area contributed by atoms with Gasteiger partial charge >= 0.3 is 0 Å². The highest BCUT2D eigenvalue weighted by Gasteiger charge is 2.32. The fourth-order valence-corrected chi connectivity index (χ4v) is 3.83. The number of likely N-dealkylation sites (tertiary alicyclic amines) is 1. The van der Waals surface area contributed by atoms with E-state index in [2.05, 4.69) is 15.3 Å². The summed E-state index contributed by atoms with van der Waals surface area (Å²) in [6, 6.07) is 5.29. The average Bonchev–Trinajstić information content (AvgIpc) is 3.25. The molecule has 2 aromatic rings. The largest absolute Gasteiger partial charge is 0.493 e. The summed E-state index contributed by atoms with van der Waals surface area (Å²) >= 11 is 0. The third-order valence-electron chi connectivity index (χ3n) is 5.53. The van der Waals surface area contributed by atoms with E-state index in [1.54, 1.807) is 37.3 Å². The van der Waals surface area contributed by atoms with Gasteiger partial charge in [-0.2, -0.15) is 0 Å². The molecule has 0 bridgehead atoms. The molecule has 1 fully saturated rings. The lowest BCUT2D eigenvalue weighted by atomic mass is 10.0. The van der Waals surface area contributed by atoms with E-state index in [0.29, 0.717) is 30.2 Å². The molecule has 1 aliphatic heterocycles. The van der Waals surface area contributed by atoms with Crippen LogP contribution in [0.2, 0.25) is 0 Å². The van der Waals surface area contributed by atoms with Crippen molar-refractivity contribution in [2.24, 2.45) is 0 Å². The van der Waals surface area contributed by atoms with E-state index in [0.717, 1.165) is 29.2 Å². The first-order valence-electron chi connectivity index (χ1n) is 9.94. The summed E-state index contributed by atoms with van der Waals surface area (Å²) < 4.78 is 10.7. The van der Waals surface area contributed by atoms with Gasteiger partial charge in [-0.3, -0.25) is 9.59 Å². The molecule has 1 aliphatic rings. The Morgan fingerprint density at radius 2 is 1.87 bits per heavy atom. The smallest absolute Gasteiger partial charge is 0.257 e. The third kappa shape index (κ3) is 4.22. The van der Waals surface area contributed by atoms with Crippen LogP contribution < -0.4 is 14.8 Å². The van der Waals surface area contributed by atoms with E-state index in [4.69, 9.17) is 9.47 Å². The van der Waals surface area contributed by atoms with Gasteiger partial charge in [0, 0.05) is 43.0 Å². The summed E-state index contributed by atoms with van der Waals surface area (Å²) in [5, 5.41) is 2.63. The number of ether oxygens (including phenoxy) is 2. The van der Waals surface area contributed by atoms with E-state index in [-0.39, 0.29) is 24.2 Å². The summed E-state index contributed by atoms with van der Waals surface area (Å²) in [5.74, 6) is 1.58. The van der Waals surface area contributed by atoms with Crippen molar-refractivity contribution in [3.8, 4) is 11.5 Å². The lowest BCUT2D eigenvalue weighted by molar-refractivity contribution is -0.119. The van der Waals surface area contributed by atoms with Gasteiger partial charge in [0.05, 0.1) is 26.2 Å². The van der Waals surface area contributed by atoms with Gasteiger partial charge in [0.25, 0.3) is 5.91 Å². The number of methoxy groups -OCH3 is 2. The number of carbonyl (C=O) groups excluding carboxylic acids is 2. The number of benzene rings is 1. The number of hydrogen-bond donors (Lipinski definition) is 1. The number of nitrogens with zero attached hydrogens (tertiary/aromatic N) is 3. The fraction of sp³-hybridized carbons (Fsp3) is 0.455. The maximum Gasteiger partial charge on any atom is 0.257 e. The number of amides is 2. The van der Waals surface area contributed by atoms with Gasteiger partial charge in [0.1, 0.15) is 5.82 Å². The summed E-state index contributed by atoms with van der Waals surface area (Å²) in [6.45, 7) is 4.95. The average molecular weight is 412 g/mol. The Morgan fingerprint density at radius 3 is 2.47 bits per heavy atom. The van der Waals surface area contributed by atoms with Gasteiger partial charge < -0.3 is 19.7 Å². The number of likely N-dealkylation sites (N-methyl/N-ethyl adjacent to an activating group) is 1. The molecular formula is C22H28N4O4. The second-order valence-corrected chi connectivity index (χ2v) is 7.36. The van der Waals surface area contributed by atoms with Crippen molar-refractivity contribution in [2.75, 3.05) is 34.4 Å². The van der Waals surface area contributed by atoms with Crippen molar-refractivity contribution in [3.05, 3.63) is 46.5 Å². The molecule has 0 aliphatic carbocycles. The van der Waals surface area contributed by atoms with E-state index >= 15 is 0 Å². The highest BCUT2D eigenvalue weighted by atomic mass is 16.5. The number of nitrogens with one attached hydrogen (secondary N) is 1. The molecule has 0 unspecified atom stereocenters. The zero-order chi connectivity index (χ0) is 21.8. The predicted octanol–water partition coefficient (Wildman–Crippen LogP) is 2.03. The molecule has 8 heteroatoms. The number of para-hydroxylation sites is 1. The molecule has 160 valence electrons. The van der Waals surface area contributed by atoms with Crippen molar-refractivity contribution >= 4 is 11.8 Å². The summed E-state index contributed by atoms with van der Waals surface area (Å²) in [6.07, 6.45) is 1.05. The van der Waals surface area contributed by atoms with Crippen LogP contribution in [0.15, 0.2) is 18.2 Å². The molecule has 1 atom stereocenters. The van der Waals surface area contributed by atoms with Gasteiger partial charge in [-0.15, -0.1) is 0 Å². The van der Waals surface area contributed by atoms with Gasteiger partial charge in [0.15, 0.2) is 11.5 Å². The van der Waals surface area contributed by atoms with Crippen LogP contribution in [0.3, 0.4) is 0 Å². The number of rotatable bonds is 6. The number of carbonyl (C=O) groups is 2. The van der Waals surface area contributed by atoms with E-state index < -0.39 is 0 Å². The molecule has 0 radical (unpaired) electrons. The summed E-state index contributed by atoms with van der Waals surface area (Å²) in [4.78, 5) is 36.0. The monoisotopic (exact) mass is 412 g/mol. The van der Waals surface area contributed by atoms with Crippen LogP contribution in [-0.2, 0) is 11.2 Å². The molecular weight excluding hydrogens is 384 g/mol. The molecule has 0 saturated carbocycles. The lowest BCUT2D eigenvalue weighted by Gasteiger charge is -2.19. The highest BCUT2D eigenvalue weighted by molar-refractivity contribution is 5.98. The van der Waals surface area contributed by atoms with Gasteiger partial charge in [-0.1, -0.05) is 6.07 Å². The molecule has 1 aromatic heterocycles. The predicted molar refractivity (Wildman–Crippen MR) is 112 cm³/mol. The Hall–Kier alpha value is -3.16. The Balaban J connectivity index is 1.79. The molecule has 2 heterocycles. The molecule has 1 saturated heterocycles. The lowest BCUT2D eigenvalue weighted by Crippen LogP contribution is -2.29. The highest BCUT2D eigenvalue weighted by Crippen LogP contribution is 2.34. The molecule has 0 spiro atoms. The van der Waals surface area contributed by atoms with Crippen molar-refractivity contribution in [1.29, 1.82) is 0 Å². The minimum absolute atomic E-state index is 0.0528. The van der Waals surface area contributed by atoms with E-state index in [1.807, 2.05) is 13.8 Å². The summed E-state index contributed by atoms with van der Waals surface area (Å²) in [7, 11) is 4.69. The quantitative estimate of drug-likeness (QED) is 0.780. The topological polar surface area (TPSA) is 93.7 Å². The second kappa shape index (κ2) is 9.11. The standard InChI is InChI=1S/C22H28N4O4/c1-13-17(11-19(27)23-3)14(2)25-21(24-13)15-9-10-26(12-15)22(28)16-7-6-8-18(29-4)20(16)30-5/h6-8,15H,9-12H2,1-5H3,(H,23,27)/t15-/m0/s1. The Labute approximate surface area is 176 Å². The van der Waals surface area contributed by atoms with Gasteiger partial charge in [-0.25, -0.2) is 9.97 Å². The first-order chi connectivity index (χ1) is 14.4. The zero-order valence-corrected chi connectivity index (χ0v) is 18.1. The molecule has 1 N–H and O–H groups in total. The second-order valence-electron chi connectivity index (χ2n) is 7.36. The van der Waals surface area contributed by atoms with Crippen LogP contribution in [-0.4, -0.2) is 61.0 Å². The number of hydrogen-bond acceptors (Lipinski definition) is 6. The molecule has 8 nitrogen and oxygen atoms in total. The van der Waals surface area contributed by atoms with Crippen LogP contribution >= 0.6 is 0 Å². The van der Waals surface area contributed by atoms with Gasteiger partial charge in [0.2, 0.25) is 5.91 Å². The molecule has 30 heavy (non-hydrogen) atoms. The summed E-state index contributed by atoms with van der Waals surface area (Å²) in [5.41, 5.74) is 2.94. The van der Waals surface area contributed by atoms with E-state index in [9.17, 15) is 9.59 Å². The normalized spacial score (nSPS) is 15.8. The minimum atomic E-state index is -0.0991. The van der Waals surface area contributed by atoms with Crippen molar-refractivity contribution in [2.45, 2.75) is 32.6 Å². The number of aromatic nitrogens is 2. The van der Waals surface area contributed by atoms with E-state index in [1.165, 1.54) is 7.11 Å². The Bertz CT molecular complexity index is 937. The molecule has 1 aromatic carbocycles. The van der Waals surface area contributed by atoms with Crippen LogP contribution in [0.1, 0.15) is 45.5 Å². The van der Waals surface area contributed by atoms with Crippen molar-refractivity contribution in [1.82, 2.24) is 20.2 Å². The van der Waals surface area contributed by atoms with Crippen LogP contribution in [0.25, 0.3) is 0 Å². The molecule has 2 amide bonds.